The van der Waals surface area contributed by atoms with E-state index in [-0.39, 0.29) is 18.0 Å². The van der Waals surface area contributed by atoms with Crippen LogP contribution >= 0.6 is 7.92 Å². The first-order valence-corrected chi connectivity index (χ1v) is 18.1. The summed E-state index contributed by atoms with van der Waals surface area (Å²) in [6.07, 6.45) is 6.11. The molecule has 1 unspecified atom stereocenters. The molecule has 1 amide bonds. The van der Waals surface area contributed by atoms with Crippen LogP contribution in [-0.2, 0) is 0 Å². The van der Waals surface area contributed by atoms with Crippen LogP contribution < -0.4 is 35.4 Å². The Labute approximate surface area is 289 Å². The summed E-state index contributed by atoms with van der Waals surface area (Å²) in [4.78, 5) is 22.1. The van der Waals surface area contributed by atoms with Gasteiger partial charge in [0.05, 0.1) is 32.9 Å². The van der Waals surface area contributed by atoms with Gasteiger partial charge in [0.15, 0.2) is 0 Å². The van der Waals surface area contributed by atoms with Gasteiger partial charge < -0.3 is 19.5 Å². The van der Waals surface area contributed by atoms with Gasteiger partial charge in [-0.1, -0.05) is 48.5 Å². The summed E-state index contributed by atoms with van der Waals surface area (Å²) in [7, 11) is 3.93. The van der Waals surface area contributed by atoms with Gasteiger partial charge in [0.1, 0.15) is 17.2 Å². The zero-order valence-corrected chi connectivity index (χ0v) is 29.1. The van der Waals surface area contributed by atoms with Gasteiger partial charge in [0.25, 0.3) is 5.91 Å². The number of pyridine rings is 1. The number of amides is 1. The third kappa shape index (κ3) is 6.53. The van der Waals surface area contributed by atoms with Crippen molar-refractivity contribution in [2.75, 3.05) is 34.4 Å². The minimum atomic E-state index is -1.10. The molecular weight excluding hydrogens is 629 g/mol. The molecule has 0 saturated carbocycles. The third-order valence-electron chi connectivity index (χ3n) is 10.2. The van der Waals surface area contributed by atoms with Crippen molar-refractivity contribution in [3.8, 4) is 17.2 Å². The van der Waals surface area contributed by atoms with E-state index >= 15 is 0 Å². The molecule has 4 aromatic carbocycles. The molecule has 0 radical (unpaired) electrons. The fraction of sp³-hybridized carbons (Fsp3) is 0.268. The van der Waals surface area contributed by atoms with Crippen molar-refractivity contribution in [1.82, 2.24) is 15.2 Å². The first kappa shape index (κ1) is 32.8. The maximum Gasteiger partial charge on any atom is 0.252 e. The zero-order valence-electron chi connectivity index (χ0n) is 28.2. The summed E-state index contributed by atoms with van der Waals surface area (Å²) in [5.74, 6) is 3.26. The molecule has 49 heavy (non-hydrogen) atoms. The first-order chi connectivity index (χ1) is 24.0. The highest BCUT2D eigenvalue weighted by Gasteiger charge is 2.43. The molecule has 3 aliphatic rings. The zero-order chi connectivity index (χ0) is 33.9. The molecule has 5 aromatic rings. The number of rotatable bonds is 11. The SMILES string of the molecule is C=C[C@H]1CN2CC[C@H]1C[C@H]2[C@@H](NC(=O)c1ccccc1P(c1ccc(OC)cc1)c1ccc(OC)cc1)c1ccnc2ccc(OC)cc12. The number of nitrogens with one attached hydrogen (secondary N) is 1. The molecule has 3 fully saturated rings. The van der Waals surface area contributed by atoms with Crippen molar-refractivity contribution >= 4 is 40.6 Å². The Morgan fingerprint density at radius 3 is 2.16 bits per heavy atom. The number of benzene rings is 4. The number of carbonyl (C=O) groups excluding carboxylic acids is 1. The fourth-order valence-corrected chi connectivity index (χ4v) is 10.0. The van der Waals surface area contributed by atoms with E-state index < -0.39 is 7.92 Å². The van der Waals surface area contributed by atoms with Crippen LogP contribution in [0.3, 0.4) is 0 Å². The Hall–Kier alpha value is -4.71. The predicted octanol–water partition coefficient (Wildman–Crippen LogP) is 6.39. The number of piperidine rings is 3. The Morgan fingerprint density at radius 1 is 0.898 bits per heavy atom. The van der Waals surface area contributed by atoms with Crippen LogP contribution in [0.5, 0.6) is 17.2 Å². The van der Waals surface area contributed by atoms with Gasteiger partial charge in [-0.25, -0.2) is 0 Å². The van der Waals surface area contributed by atoms with E-state index in [2.05, 4.69) is 64.3 Å². The van der Waals surface area contributed by atoms with E-state index in [4.69, 9.17) is 14.2 Å². The molecule has 3 saturated heterocycles. The molecule has 4 heterocycles. The molecule has 1 N–H and O–H groups in total. The van der Waals surface area contributed by atoms with Crippen LogP contribution in [0.15, 0.2) is 116 Å². The van der Waals surface area contributed by atoms with Crippen LogP contribution in [0.2, 0.25) is 0 Å². The summed E-state index contributed by atoms with van der Waals surface area (Å²) in [5, 5.41) is 7.82. The first-order valence-electron chi connectivity index (χ1n) is 16.8. The highest BCUT2D eigenvalue weighted by atomic mass is 31.1. The topological polar surface area (TPSA) is 72.9 Å². The number of aromatic nitrogens is 1. The van der Waals surface area contributed by atoms with Gasteiger partial charge in [0, 0.05) is 29.7 Å². The van der Waals surface area contributed by atoms with Crippen molar-refractivity contribution in [2.24, 2.45) is 11.8 Å². The second-order valence-electron chi connectivity index (χ2n) is 12.7. The van der Waals surface area contributed by atoms with Crippen LogP contribution in [0.4, 0.5) is 0 Å². The lowest BCUT2D eigenvalue weighted by molar-refractivity contribution is 0.00171. The summed E-state index contributed by atoms with van der Waals surface area (Å²) >= 11 is 0. The van der Waals surface area contributed by atoms with E-state index in [1.807, 2.05) is 66.9 Å². The summed E-state index contributed by atoms with van der Waals surface area (Å²) < 4.78 is 16.6. The van der Waals surface area contributed by atoms with Crippen LogP contribution in [0.25, 0.3) is 10.9 Å². The summed E-state index contributed by atoms with van der Waals surface area (Å²) in [6, 6.07) is 32.3. The lowest BCUT2D eigenvalue weighted by Gasteiger charge is -2.51. The standard InChI is InChI=1S/C41H42N3O4P/c1-5-27-26-44-23-21-28(27)24-38(44)40(34-20-22-42-37-19-14-31(48-4)25-36(34)37)43-41(45)35-8-6-7-9-39(35)49(32-15-10-29(46-2)11-16-32)33-17-12-30(47-3)13-18-33/h5-20,22,25,27-28,38,40H,1,21,23-24,26H2,2-4H3,(H,43,45)/t27-,28-,38-,40-/m0/s1. The third-order valence-corrected chi connectivity index (χ3v) is 12.7. The number of hydrogen-bond donors (Lipinski definition) is 1. The number of fused-ring (bicyclic) bond motifs is 4. The Bertz CT molecular complexity index is 1900. The van der Waals surface area contributed by atoms with Crippen LogP contribution in [0, 0.1) is 11.8 Å². The Kier molecular flexibility index (Phi) is 9.65. The van der Waals surface area contributed by atoms with Gasteiger partial charge in [-0.2, -0.15) is 0 Å². The second kappa shape index (κ2) is 14.4. The molecule has 8 heteroatoms. The van der Waals surface area contributed by atoms with Crippen molar-refractivity contribution < 1.29 is 19.0 Å². The van der Waals surface area contributed by atoms with Gasteiger partial charge in [-0.3, -0.25) is 14.7 Å². The fourth-order valence-electron chi connectivity index (χ4n) is 7.62. The molecule has 7 nitrogen and oxygen atoms in total. The predicted molar refractivity (Wildman–Crippen MR) is 199 cm³/mol. The minimum Gasteiger partial charge on any atom is -0.497 e. The van der Waals surface area contributed by atoms with Crippen molar-refractivity contribution in [2.45, 2.75) is 24.9 Å². The number of nitrogens with zero attached hydrogens (tertiary/aromatic N) is 2. The number of hydrogen-bond acceptors (Lipinski definition) is 6. The molecule has 5 atom stereocenters. The van der Waals surface area contributed by atoms with E-state index in [1.165, 1.54) is 0 Å². The average Bonchev–Trinajstić information content (AvgIpc) is 3.17. The highest BCUT2D eigenvalue weighted by Crippen LogP contribution is 2.43. The van der Waals surface area contributed by atoms with E-state index in [9.17, 15) is 4.79 Å². The molecule has 8 rings (SSSR count). The largest absolute Gasteiger partial charge is 0.497 e. The van der Waals surface area contributed by atoms with Crippen molar-refractivity contribution in [1.29, 1.82) is 0 Å². The van der Waals surface area contributed by atoms with E-state index in [0.717, 1.165) is 75.6 Å². The Morgan fingerprint density at radius 2 is 1.55 bits per heavy atom. The molecule has 250 valence electrons. The van der Waals surface area contributed by atoms with E-state index in [1.54, 1.807) is 21.3 Å². The van der Waals surface area contributed by atoms with Crippen molar-refractivity contribution in [3.63, 3.8) is 0 Å². The maximum absolute atomic E-state index is 14.8. The summed E-state index contributed by atoms with van der Waals surface area (Å²) in [5.41, 5.74) is 2.59. The second-order valence-corrected chi connectivity index (χ2v) is 14.9. The van der Waals surface area contributed by atoms with Crippen LogP contribution in [-0.4, -0.2) is 56.3 Å². The highest BCUT2D eigenvalue weighted by molar-refractivity contribution is 7.80. The number of methoxy groups -OCH3 is 3. The van der Waals surface area contributed by atoms with Gasteiger partial charge in [0.2, 0.25) is 0 Å². The number of ether oxygens (including phenoxy) is 3. The lowest BCUT2D eigenvalue weighted by Crippen LogP contribution is -2.57. The molecule has 0 aliphatic carbocycles. The monoisotopic (exact) mass is 671 g/mol. The van der Waals surface area contributed by atoms with Gasteiger partial charge >= 0.3 is 0 Å². The molecule has 3 aliphatic heterocycles. The smallest absolute Gasteiger partial charge is 0.252 e. The molecule has 0 spiro atoms. The summed E-state index contributed by atoms with van der Waals surface area (Å²) in [6.45, 7) is 6.11. The average molecular weight is 672 g/mol. The minimum absolute atomic E-state index is 0.0918. The normalized spacial score (nSPS) is 20.5. The Balaban J connectivity index is 1.32. The molecular formula is C41H42N3O4P. The molecule has 1 aromatic heterocycles. The van der Waals surface area contributed by atoms with Gasteiger partial charge in [-0.05, 0) is 115 Å². The molecule has 2 bridgehead atoms. The quantitative estimate of drug-likeness (QED) is 0.130. The van der Waals surface area contributed by atoms with Crippen LogP contribution in [0.1, 0.15) is 34.8 Å². The van der Waals surface area contributed by atoms with E-state index in [0.29, 0.717) is 17.4 Å². The van der Waals surface area contributed by atoms with Gasteiger partial charge in [-0.15, -0.1) is 6.58 Å². The lowest BCUT2D eigenvalue weighted by atomic mass is 9.73. The maximum atomic E-state index is 14.8. The van der Waals surface area contributed by atoms with Crippen molar-refractivity contribution in [3.05, 3.63) is 127 Å². The number of carbonyl (C=O) groups is 1.